The fraction of sp³-hybridized carbons (Fsp3) is 0.353. The van der Waals surface area contributed by atoms with Crippen molar-refractivity contribution in [2.75, 3.05) is 0 Å². The third-order valence-electron chi connectivity index (χ3n) is 4.36. The molecule has 6 nitrogen and oxygen atoms in total. The molecule has 24 heavy (non-hydrogen) atoms. The second kappa shape index (κ2) is 6.76. The van der Waals surface area contributed by atoms with Gasteiger partial charge in [-0.3, -0.25) is 19.8 Å². The maximum absolute atomic E-state index is 12.7. The van der Waals surface area contributed by atoms with E-state index >= 15 is 0 Å². The van der Waals surface area contributed by atoms with Crippen LogP contribution in [0.3, 0.4) is 0 Å². The highest BCUT2D eigenvalue weighted by molar-refractivity contribution is 9.10. The molecule has 126 valence electrons. The first-order valence-corrected chi connectivity index (χ1v) is 8.66. The van der Waals surface area contributed by atoms with Gasteiger partial charge in [-0.15, -0.1) is 0 Å². The van der Waals surface area contributed by atoms with Crippen molar-refractivity contribution in [1.29, 1.82) is 0 Å². The predicted molar refractivity (Wildman–Crippen MR) is 91.0 cm³/mol. The van der Waals surface area contributed by atoms with E-state index in [1.165, 1.54) is 17.0 Å². The fourth-order valence-corrected chi connectivity index (χ4v) is 3.52. The Kier molecular flexibility index (Phi) is 4.71. The fourth-order valence-electron chi connectivity index (χ4n) is 3.12. The summed E-state index contributed by atoms with van der Waals surface area (Å²) in [6, 6.07) is 3.86. The Morgan fingerprint density at radius 1 is 1.17 bits per heavy atom. The first-order chi connectivity index (χ1) is 11.5. The average molecular weight is 393 g/mol. The number of phenols is 1. The van der Waals surface area contributed by atoms with Crippen LogP contribution in [0.1, 0.15) is 37.7 Å². The van der Waals surface area contributed by atoms with Gasteiger partial charge in [0.2, 0.25) is 0 Å². The molecule has 3 rings (SSSR count). The van der Waals surface area contributed by atoms with Gasteiger partial charge in [-0.25, -0.2) is 4.79 Å². The van der Waals surface area contributed by atoms with Crippen LogP contribution in [0.5, 0.6) is 5.75 Å². The number of carbonyl (C=O) groups is 3. The average Bonchev–Trinajstić information content (AvgIpc) is 2.55. The van der Waals surface area contributed by atoms with E-state index in [9.17, 15) is 19.5 Å². The van der Waals surface area contributed by atoms with Crippen LogP contribution in [0, 0.1) is 0 Å². The first kappa shape index (κ1) is 16.7. The molecule has 4 amide bonds. The molecule has 0 spiro atoms. The number of rotatable bonds is 2. The summed E-state index contributed by atoms with van der Waals surface area (Å²) in [4.78, 5) is 38.1. The maximum atomic E-state index is 12.7. The largest absolute Gasteiger partial charge is 0.507 e. The number of phenolic OH excluding ortho intramolecular Hbond substituents is 1. The van der Waals surface area contributed by atoms with E-state index in [4.69, 9.17) is 0 Å². The van der Waals surface area contributed by atoms with Gasteiger partial charge in [0.05, 0.1) is 4.47 Å². The highest BCUT2D eigenvalue weighted by Gasteiger charge is 2.40. The van der Waals surface area contributed by atoms with E-state index < -0.39 is 17.8 Å². The van der Waals surface area contributed by atoms with Gasteiger partial charge in [-0.2, -0.15) is 0 Å². The number of halogens is 1. The smallest absolute Gasteiger partial charge is 0.331 e. The second-order valence-corrected chi connectivity index (χ2v) is 6.85. The lowest BCUT2D eigenvalue weighted by Gasteiger charge is -2.35. The molecule has 0 atom stereocenters. The van der Waals surface area contributed by atoms with Crippen LogP contribution < -0.4 is 5.32 Å². The third kappa shape index (κ3) is 3.21. The Hall–Kier alpha value is -2.15. The van der Waals surface area contributed by atoms with Crippen LogP contribution in [-0.2, 0) is 9.59 Å². The van der Waals surface area contributed by atoms with Crippen LogP contribution in [-0.4, -0.2) is 33.9 Å². The number of benzene rings is 1. The lowest BCUT2D eigenvalue weighted by Crippen LogP contribution is -2.58. The molecule has 1 heterocycles. The van der Waals surface area contributed by atoms with Gasteiger partial charge in [0.25, 0.3) is 11.8 Å². The van der Waals surface area contributed by atoms with E-state index in [0.29, 0.717) is 10.0 Å². The Labute approximate surface area is 147 Å². The summed E-state index contributed by atoms with van der Waals surface area (Å²) in [6.45, 7) is 0. The predicted octanol–water partition coefficient (Wildman–Crippen LogP) is 2.95. The highest BCUT2D eigenvalue weighted by Crippen LogP contribution is 2.28. The molecular formula is C17H17BrN2O4. The summed E-state index contributed by atoms with van der Waals surface area (Å²) >= 11 is 3.20. The zero-order valence-electron chi connectivity index (χ0n) is 12.9. The number of nitrogens with zero attached hydrogens (tertiary/aromatic N) is 1. The normalized spacial score (nSPS) is 21.3. The Morgan fingerprint density at radius 2 is 1.88 bits per heavy atom. The number of nitrogens with one attached hydrogen (secondary N) is 1. The summed E-state index contributed by atoms with van der Waals surface area (Å²) < 4.78 is 0.459. The minimum Gasteiger partial charge on any atom is -0.507 e. The Bertz CT molecular complexity index is 738. The molecule has 0 aromatic heterocycles. The topological polar surface area (TPSA) is 86.7 Å². The minimum atomic E-state index is -0.693. The van der Waals surface area contributed by atoms with Gasteiger partial charge in [0.15, 0.2) is 0 Å². The number of amides is 4. The van der Waals surface area contributed by atoms with E-state index in [1.807, 2.05) is 0 Å². The molecule has 1 saturated carbocycles. The molecule has 2 fully saturated rings. The first-order valence-electron chi connectivity index (χ1n) is 7.86. The molecule has 1 aromatic rings. The van der Waals surface area contributed by atoms with Crippen LogP contribution in [0.2, 0.25) is 0 Å². The van der Waals surface area contributed by atoms with Gasteiger partial charge in [0.1, 0.15) is 11.3 Å². The van der Waals surface area contributed by atoms with Crippen molar-refractivity contribution in [2.24, 2.45) is 0 Å². The number of hydrogen-bond acceptors (Lipinski definition) is 4. The quantitative estimate of drug-likeness (QED) is 0.598. The van der Waals surface area contributed by atoms with E-state index in [2.05, 4.69) is 21.2 Å². The standard InChI is InChI=1S/C17H17BrN2O4/c18-13-9-10(6-7-14(13)21)8-12-15(22)19-17(24)20(16(12)23)11-4-2-1-3-5-11/h6-9,11,21H,1-5H2,(H,19,22,24). The van der Waals surface area contributed by atoms with Crippen molar-refractivity contribution in [2.45, 2.75) is 38.1 Å². The van der Waals surface area contributed by atoms with Gasteiger partial charge in [0, 0.05) is 6.04 Å². The van der Waals surface area contributed by atoms with E-state index in [1.54, 1.807) is 12.1 Å². The number of barbiturate groups is 1. The number of carbonyl (C=O) groups excluding carboxylic acids is 3. The molecule has 0 radical (unpaired) electrons. The number of urea groups is 1. The number of imide groups is 2. The monoisotopic (exact) mass is 392 g/mol. The summed E-state index contributed by atoms with van der Waals surface area (Å²) in [5, 5.41) is 11.8. The van der Waals surface area contributed by atoms with Gasteiger partial charge in [-0.1, -0.05) is 25.3 Å². The molecule has 1 aromatic carbocycles. The minimum absolute atomic E-state index is 0.0654. The van der Waals surface area contributed by atoms with Crippen molar-refractivity contribution in [3.8, 4) is 5.75 Å². The third-order valence-corrected chi connectivity index (χ3v) is 4.99. The number of hydrogen-bond donors (Lipinski definition) is 2. The van der Waals surface area contributed by atoms with Crippen LogP contribution >= 0.6 is 15.9 Å². The van der Waals surface area contributed by atoms with Crippen molar-refractivity contribution in [3.05, 3.63) is 33.8 Å². The van der Waals surface area contributed by atoms with Crippen molar-refractivity contribution in [1.82, 2.24) is 10.2 Å². The van der Waals surface area contributed by atoms with Gasteiger partial charge in [-0.05, 0) is 52.5 Å². The maximum Gasteiger partial charge on any atom is 0.331 e. The number of aromatic hydroxyl groups is 1. The zero-order valence-corrected chi connectivity index (χ0v) is 14.5. The summed E-state index contributed by atoms with van der Waals surface area (Å²) in [6.07, 6.45) is 6.02. The van der Waals surface area contributed by atoms with Crippen LogP contribution in [0.4, 0.5) is 4.79 Å². The van der Waals surface area contributed by atoms with Crippen LogP contribution in [0.25, 0.3) is 6.08 Å². The molecule has 0 unspecified atom stereocenters. The zero-order chi connectivity index (χ0) is 17.3. The summed E-state index contributed by atoms with van der Waals surface area (Å²) in [5.74, 6) is -1.18. The van der Waals surface area contributed by atoms with Crippen molar-refractivity contribution < 1.29 is 19.5 Å². The lowest BCUT2D eigenvalue weighted by atomic mass is 9.93. The Morgan fingerprint density at radius 3 is 2.54 bits per heavy atom. The molecule has 2 aliphatic rings. The van der Waals surface area contributed by atoms with Gasteiger partial charge >= 0.3 is 6.03 Å². The molecule has 0 bridgehead atoms. The molecule has 1 saturated heterocycles. The molecule has 1 aliphatic carbocycles. The van der Waals surface area contributed by atoms with Gasteiger partial charge < -0.3 is 5.11 Å². The van der Waals surface area contributed by atoms with Crippen molar-refractivity contribution >= 4 is 39.9 Å². The molecule has 1 aliphatic heterocycles. The van der Waals surface area contributed by atoms with E-state index in [0.717, 1.165) is 32.1 Å². The highest BCUT2D eigenvalue weighted by atomic mass is 79.9. The SMILES string of the molecule is O=C1NC(=O)N(C2CCCCC2)C(=O)C1=Cc1ccc(O)c(Br)c1. The van der Waals surface area contributed by atoms with E-state index in [-0.39, 0.29) is 17.4 Å². The molecular weight excluding hydrogens is 376 g/mol. The molecule has 7 heteroatoms. The summed E-state index contributed by atoms with van der Waals surface area (Å²) in [5.41, 5.74) is 0.508. The molecule has 2 N–H and O–H groups in total. The Balaban J connectivity index is 1.92. The lowest BCUT2D eigenvalue weighted by molar-refractivity contribution is -0.132. The van der Waals surface area contributed by atoms with Crippen LogP contribution in [0.15, 0.2) is 28.2 Å². The summed E-state index contributed by atoms with van der Waals surface area (Å²) in [7, 11) is 0. The van der Waals surface area contributed by atoms with Crippen molar-refractivity contribution in [3.63, 3.8) is 0 Å². The second-order valence-electron chi connectivity index (χ2n) is 6.00.